The van der Waals surface area contributed by atoms with Crippen LogP contribution < -0.4 is 9.62 Å². The van der Waals surface area contributed by atoms with E-state index in [4.69, 9.17) is 27.9 Å². The molecule has 24 heavy (non-hydrogen) atoms. The number of anilines is 2. The van der Waals surface area contributed by atoms with Crippen molar-refractivity contribution < 1.29 is 13.2 Å². The van der Waals surface area contributed by atoms with Gasteiger partial charge in [-0.3, -0.25) is 4.72 Å². The van der Waals surface area contributed by atoms with Crippen LogP contribution in [-0.4, -0.2) is 39.7 Å². The van der Waals surface area contributed by atoms with Gasteiger partial charge in [0.25, 0.3) is 10.0 Å². The predicted molar refractivity (Wildman–Crippen MR) is 94.5 cm³/mol. The van der Waals surface area contributed by atoms with E-state index >= 15 is 0 Å². The number of hydrogen-bond donors (Lipinski definition) is 1. The van der Waals surface area contributed by atoms with E-state index in [-0.39, 0.29) is 15.7 Å². The van der Waals surface area contributed by atoms with E-state index in [2.05, 4.69) is 14.6 Å². The SMILES string of the molecule is O=S(=O)(Nc1ccc(N2CCOCC2)cn1)c1ccc(Cl)c(Cl)c1. The van der Waals surface area contributed by atoms with E-state index in [0.29, 0.717) is 18.2 Å². The van der Waals surface area contributed by atoms with Crippen LogP contribution in [0.2, 0.25) is 10.0 Å². The first-order chi connectivity index (χ1) is 11.5. The van der Waals surface area contributed by atoms with Gasteiger partial charge in [-0.25, -0.2) is 13.4 Å². The Kier molecular flexibility index (Phi) is 5.15. The van der Waals surface area contributed by atoms with Gasteiger partial charge in [-0.15, -0.1) is 0 Å². The fraction of sp³-hybridized carbons (Fsp3) is 0.267. The summed E-state index contributed by atoms with van der Waals surface area (Å²) in [6.45, 7) is 2.92. The van der Waals surface area contributed by atoms with Crippen LogP contribution in [0.4, 0.5) is 11.5 Å². The maximum absolute atomic E-state index is 12.4. The Bertz CT molecular complexity index is 822. The molecule has 1 saturated heterocycles. The Morgan fingerprint density at radius 3 is 2.46 bits per heavy atom. The summed E-state index contributed by atoms with van der Waals surface area (Å²) in [6.07, 6.45) is 1.64. The van der Waals surface area contributed by atoms with Crippen LogP contribution in [0.5, 0.6) is 0 Å². The van der Waals surface area contributed by atoms with Gasteiger partial charge < -0.3 is 9.64 Å². The average Bonchev–Trinajstić information content (AvgIpc) is 2.58. The lowest BCUT2D eigenvalue weighted by Crippen LogP contribution is -2.36. The topological polar surface area (TPSA) is 71.5 Å². The first kappa shape index (κ1) is 17.3. The second kappa shape index (κ2) is 7.14. The summed E-state index contributed by atoms with van der Waals surface area (Å²) in [6, 6.07) is 7.57. The summed E-state index contributed by atoms with van der Waals surface area (Å²) < 4.78 is 32.5. The molecule has 3 rings (SSSR count). The Morgan fingerprint density at radius 1 is 1.08 bits per heavy atom. The molecule has 1 N–H and O–H groups in total. The van der Waals surface area contributed by atoms with Crippen LogP contribution in [0.3, 0.4) is 0 Å². The highest BCUT2D eigenvalue weighted by Crippen LogP contribution is 2.26. The van der Waals surface area contributed by atoms with E-state index in [1.54, 1.807) is 12.3 Å². The number of benzene rings is 1. The second-order valence-electron chi connectivity index (χ2n) is 5.18. The van der Waals surface area contributed by atoms with Gasteiger partial charge in [-0.1, -0.05) is 23.2 Å². The minimum Gasteiger partial charge on any atom is -0.378 e. The van der Waals surface area contributed by atoms with Crippen LogP contribution in [0.1, 0.15) is 0 Å². The number of morpholine rings is 1. The summed E-state index contributed by atoms with van der Waals surface area (Å²) in [5, 5.41) is 0.471. The Balaban J connectivity index is 1.76. The number of aromatic nitrogens is 1. The number of pyridine rings is 1. The molecule has 0 aliphatic carbocycles. The average molecular weight is 388 g/mol. The van der Waals surface area contributed by atoms with Gasteiger partial charge in [0.05, 0.1) is 40.0 Å². The third kappa shape index (κ3) is 3.92. The molecule has 0 saturated carbocycles. The van der Waals surface area contributed by atoms with Gasteiger partial charge >= 0.3 is 0 Å². The van der Waals surface area contributed by atoms with Crippen molar-refractivity contribution in [2.24, 2.45) is 0 Å². The van der Waals surface area contributed by atoms with Crippen molar-refractivity contribution in [1.29, 1.82) is 0 Å². The van der Waals surface area contributed by atoms with E-state index in [0.717, 1.165) is 18.8 Å². The van der Waals surface area contributed by atoms with Crippen molar-refractivity contribution in [3.63, 3.8) is 0 Å². The Hall–Kier alpha value is -1.54. The lowest BCUT2D eigenvalue weighted by atomic mass is 10.3. The highest BCUT2D eigenvalue weighted by molar-refractivity contribution is 7.92. The van der Waals surface area contributed by atoms with Crippen LogP contribution in [0, 0.1) is 0 Å². The van der Waals surface area contributed by atoms with Gasteiger partial charge in [-0.05, 0) is 30.3 Å². The lowest BCUT2D eigenvalue weighted by Gasteiger charge is -2.28. The van der Waals surface area contributed by atoms with Crippen molar-refractivity contribution >= 4 is 44.7 Å². The number of ether oxygens (including phenoxy) is 1. The molecule has 0 radical (unpaired) electrons. The van der Waals surface area contributed by atoms with Crippen molar-refractivity contribution in [3.05, 3.63) is 46.6 Å². The third-order valence-corrected chi connectivity index (χ3v) is 5.66. The smallest absolute Gasteiger partial charge is 0.263 e. The second-order valence-corrected chi connectivity index (χ2v) is 7.68. The molecule has 0 unspecified atom stereocenters. The number of nitrogens with zero attached hydrogens (tertiary/aromatic N) is 2. The maximum atomic E-state index is 12.4. The molecule has 0 spiro atoms. The predicted octanol–water partition coefficient (Wildman–Crippen LogP) is 3.03. The van der Waals surface area contributed by atoms with E-state index in [9.17, 15) is 8.42 Å². The quantitative estimate of drug-likeness (QED) is 0.872. The summed E-state index contributed by atoms with van der Waals surface area (Å²) >= 11 is 11.7. The molecule has 128 valence electrons. The van der Waals surface area contributed by atoms with Gasteiger partial charge in [0.2, 0.25) is 0 Å². The van der Waals surface area contributed by atoms with Crippen LogP contribution in [0.25, 0.3) is 0 Å². The zero-order chi connectivity index (χ0) is 17.2. The van der Waals surface area contributed by atoms with Crippen molar-refractivity contribution in [3.8, 4) is 0 Å². The molecule has 9 heteroatoms. The monoisotopic (exact) mass is 387 g/mol. The van der Waals surface area contributed by atoms with Crippen molar-refractivity contribution in [1.82, 2.24) is 4.98 Å². The molecule has 2 heterocycles. The summed E-state index contributed by atoms with van der Waals surface area (Å²) in [7, 11) is -3.78. The Morgan fingerprint density at radius 2 is 1.83 bits per heavy atom. The van der Waals surface area contributed by atoms with Crippen molar-refractivity contribution in [2.75, 3.05) is 35.9 Å². The largest absolute Gasteiger partial charge is 0.378 e. The maximum Gasteiger partial charge on any atom is 0.263 e. The molecule has 6 nitrogen and oxygen atoms in total. The lowest BCUT2D eigenvalue weighted by molar-refractivity contribution is 0.122. The van der Waals surface area contributed by atoms with Crippen LogP contribution in [0.15, 0.2) is 41.4 Å². The minimum absolute atomic E-state index is 0.0240. The van der Waals surface area contributed by atoms with Crippen LogP contribution >= 0.6 is 23.2 Å². The molecule has 1 aromatic carbocycles. The number of nitrogens with one attached hydrogen (secondary N) is 1. The fourth-order valence-electron chi connectivity index (χ4n) is 2.30. The van der Waals surface area contributed by atoms with Gasteiger partial charge in [0.1, 0.15) is 5.82 Å². The molecular formula is C15H15Cl2N3O3S. The molecule has 1 aliphatic rings. The Labute approximate surface area is 150 Å². The normalized spacial score (nSPS) is 15.3. The van der Waals surface area contributed by atoms with Gasteiger partial charge in [0.15, 0.2) is 0 Å². The molecule has 0 amide bonds. The van der Waals surface area contributed by atoms with E-state index < -0.39 is 10.0 Å². The number of hydrogen-bond acceptors (Lipinski definition) is 5. The molecule has 0 bridgehead atoms. The molecule has 2 aromatic rings. The number of rotatable bonds is 4. The van der Waals surface area contributed by atoms with Crippen LogP contribution in [-0.2, 0) is 14.8 Å². The minimum atomic E-state index is -3.78. The van der Waals surface area contributed by atoms with E-state index in [1.165, 1.54) is 18.2 Å². The fourth-order valence-corrected chi connectivity index (χ4v) is 3.69. The summed E-state index contributed by atoms with van der Waals surface area (Å²) in [4.78, 5) is 6.33. The first-order valence-corrected chi connectivity index (χ1v) is 9.46. The molecule has 1 fully saturated rings. The standard InChI is InChI=1S/C15H15Cl2N3O3S/c16-13-3-2-12(9-14(13)17)24(21,22)19-15-4-1-11(10-18-15)20-5-7-23-8-6-20/h1-4,9-10H,5-8H2,(H,18,19). The highest BCUT2D eigenvalue weighted by Gasteiger charge is 2.17. The highest BCUT2D eigenvalue weighted by atomic mass is 35.5. The molecule has 1 aliphatic heterocycles. The zero-order valence-electron chi connectivity index (χ0n) is 12.6. The van der Waals surface area contributed by atoms with Crippen molar-refractivity contribution in [2.45, 2.75) is 4.90 Å². The molecule has 1 aromatic heterocycles. The number of halogens is 2. The first-order valence-electron chi connectivity index (χ1n) is 7.22. The summed E-state index contributed by atoms with van der Waals surface area (Å²) in [5.74, 6) is 0.234. The zero-order valence-corrected chi connectivity index (χ0v) is 14.9. The van der Waals surface area contributed by atoms with E-state index in [1.807, 2.05) is 6.07 Å². The molecule has 0 atom stereocenters. The third-order valence-electron chi connectivity index (χ3n) is 3.56. The summed E-state index contributed by atoms with van der Waals surface area (Å²) in [5.41, 5.74) is 0.927. The van der Waals surface area contributed by atoms with Gasteiger partial charge in [-0.2, -0.15) is 0 Å². The molecular weight excluding hydrogens is 373 g/mol. The van der Waals surface area contributed by atoms with Gasteiger partial charge in [0, 0.05) is 13.1 Å². The number of sulfonamides is 1.